The number of aliphatic carboxylic acids is 1. The van der Waals surface area contributed by atoms with Crippen molar-refractivity contribution >= 4 is 17.7 Å². The van der Waals surface area contributed by atoms with Crippen LogP contribution in [0.4, 0.5) is 19.3 Å². The Bertz CT molecular complexity index is 739. The lowest BCUT2D eigenvalue weighted by atomic mass is 10.0. The maximum Gasteiger partial charge on any atom is 0.319 e. The fraction of sp³-hybridized carbons (Fsp3) is 0.263. The number of urea groups is 1. The molecule has 0 heterocycles. The van der Waals surface area contributed by atoms with Crippen LogP contribution in [-0.4, -0.2) is 23.1 Å². The smallest absolute Gasteiger partial charge is 0.319 e. The zero-order valence-corrected chi connectivity index (χ0v) is 14.0. The van der Waals surface area contributed by atoms with E-state index in [0.29, 0.717) is 6.42 Å². The summed E-state index contributed by atoms with van der Waals surface area (Å²) in [5, 5.41) is 14.1. The summed E-state index contributed by atoms with van der Waals surface area (Å²) < 4.78 is 25.5. The molecule has 7 heteroatoms. The number of hydrogen-bond acceptors (Lipinski definition) is 2. The van der Waals surface area contributed by atoms with Crippen molar-refractivity contribution in [2.75, 3.05) is 5.32 Å². The molecule has 0 aliphatic heterocycles. The third-order valence-corrected chi connectivity index (χ3v) is 3.76. The molecule has 0 saturated carbocycles. The van der Waals surface area contributed by atoms with Gasteiger partial charge in [-0.25, -0.2) is 13.6 Å². The molecule has 0 fully saturated rings. The molecule has 0 bridgehead atoms. The first-order chi connectivity index (χ1) is 12.4. The molecule has 0 aliphatic rings. The van der Waals surface area contributed by atoms with Gasteiger partial charge in [0.25, 0.3) is 6.43 Å². The molecule has 138 valence electrons. The van der Waals surface area contributed by atoms with Gasteiger partial charge in [0.2, 0.25) is 0 Å². The molecule has 2 rings (SSSR count). The molecule has 0 aliphatic carbocycles. The van der Waals surface area contributed by atoms with Gasteiger partial charge in [-0.2, -0.15) is 0 Å². The molecule has 0 spiro atoms. The Kier molecular flexibility index (Phi) is 7.08. The fourth-order valence-corrected chi connectivity index (χ4v) is 2.53. The summed E-state index contributed by atoms with van der Waals surface area (Å²) in [6.07, 6.45) is -1.98. The summed E-state index contributed by atoms with van der Waals surface area (Å²) in [4.78, 5) is 23.0. The Labute approximate surface area is 150 Å². The highest BCUT2D eigenvalue weighted by atomic mass is 19.3. The van der Waals surface area contributed by atoms with Gasteiger partial charge in [0, 0.05) is 23.7 Å². The van der Waals surface area contributed by atoms with Crippen LogP contribution in [0.15, 0.2) is 54.6 Å². The Hall–Kier alpha value is -2.96. The van der Waals surface area contributed by atoms with Crippen molar-refractivity contribution in [2.45, 2.75) is 31.7 Å². The Balaban J connectivity index is 2.00. The van der Waals surface area contributed by atoms with Crippen molar-refractivity contribution in [3.05, 3.63) is 65.7 Å². The third-order valence-electron chi connectivity index (χ3n) is 3.76. The van der Waals surface area contributed by atoms with E-state index in [0.717, 1.165) is 5.56 Å². The van der Waals surface area contributed by atoms with Crippen LogP contribution < -0.4 is 10.6 Å². The van der Waals surface area contributed by atoms with Crippen LogP contribution in [0.1, 0.15) is 30.4 Å². The standard InChI is InChI=1S/C19H20F2N2O3/c20-18(21)14-7-4-8-15(12-14)22-19(26)23-16(9-10-17(24)25)11-13-5-2-1-3-6-13/h1-8,12,16,18H,9-11H2,(H,24,25)(H2,22,23,26). The number of anilines is 1. The highest BCUT2D eigenvalue weighted by Crippen LogP contribution is 2.21. The number of amides is 2. The average molecular weight is 362 g/mol. The normalized spacial score (nSPS) is 11.8. The van der Waals surface area contributed by atoms with Crippen LogP contribution in [0.2, 0.25) is 0 Å². The molecular formula is C19H20F2N2O3. The van der Waals surface area contributed by atoms with Crippen LogP contribution in [0.3, 0.4) is 0 Å². The van der Waals surface area contributed by atoms with E-state index in [4.69, 9.17) is 5.11 Å². The van der Waals surface area contributed by atoms with Crippen molar-refractivity contribution in [1.29, 1.82) is 0 Å². The number of hydrogen-bond donors (Lipinski definition) is 3. The quantitative estimate of drug-likeness (QED) is 0.658. The van der Waals surface area contributed by atoms with Crippen LogP contribution in [0.5, 0.6) is 0 Å². The van der Waals surface area contributed by atoms with Gasteiger partial charge < -0.3 is 15.7 Å². The molecule has 2 aromatic rings. The van der Waals surface area contributed by atoms with Crippen LogP contribution >= 0.6 is 0 Å². The maximum atomic E-state index is 12.7. The third kappa shape index (κ3) is 6.51. The van der Waals surface area contributed by atoms with Gasteiger partial charge in [-0.3, -0.25) is 4.79 Å². The van der Waals surface area contributed by atoms with Crippen LogP contribution in [0.25, 0.3) is 0 Å². The van der Waals surface area contributed by atoms with E-state index in [9.17, 15) is 18.4 Å². The molecule has 5 nitrogen and oxygen atoms in total. The Morgan fingerprint density at radius 3 is 2.42 bits per heavy atom. The summed E-state index contributed by atoms with van der Waals surface area (Å²) in [6, 6.07) is 13.8. The van der Waals surface area contributed by atoms with Gasteiger partial charge in [-0.15, -0.1) is 0 Å². The first-order valence-corrected chi connectivity index (χ1v) is 8.15. The minimum atomic E-state index is -2.62. The zero-order chi connectivity index (χ0) is 18.9. The van der Waals surface area contributed by atoms with Gasteiger partial charge in [-0.05, 0) is 30.5 Å². The maximum absolute atomic E-state index is 12.7. The molecule has 2 amide bonds. The number of nitrogens with one attached hydrogen (secondary N) is 2. The van der Waals surface area contributed by atoms with E-state index < -0.39 is 24.5 Å². The highest BCUT2D eigenvalue weighted by Gasteiger charge is 2.15. The van der Waals surface area contributed by atoms with Crippen molar-refractivity contribution < 1.29 is 23.5 Å². The van der Waals surface area contributed by atoms with E-state index in [1.807, 2.05) is 30.3 Å². The van der Waals surface area contributed by atoms with Gasteiger partial charge >= 0.3 is 12.0 Å². The lowest BCUT2D eigenvalue weighted by Crippen LogP contribution is -2.39. The largest absolute Gasteiger partial charge is 0.481 e. The van der Waals surface area contributed by atoms with E-state index in [-0.39, 0.29) is 24.1 Å². The molecule has 26 heavy (non-hydrogen) atoms. The van der Waals surface area contributed by atoms with Crippen molar-refractivity contribution in [2.24, 2.45) is 0 Å². The van der Waals surface area contributed by atoms with Crippen LogP contribution in [-0.2, 0) is 11.2 Å². The predicted molar refractivity (Wildman–Crippen MR) is 94.4 cm³/mol. The number of alkyl halides is 2. The van der Waals surface area contributed by atoms with Gasteiger partial charge in [0.15, 0.2) is 0 Å². The fourth-order valence-electron chi connectivity index (χ4n) is 2.53. The zero-order valence-electron chi connectivity index (χ0n) is 14.0. The predicted octanol–water partition coefficient (Wildman–Crippen LogP) is 4.22. The lowest BCUT2D eigenvalue weighted by Gasteiger charge is -2.19. The monoisotopic (exact) mass is 362 g/mol. The molecule has 0 radical (unpaired) electrons. The van der Waals surface area contributed by atoms with E-state index >= 15 is 0 Å². The number of rotatable bonds is 8. The minimum absolute atomic E-state index is 0.0847. The highest BCUT2D eigenvalue weighted by molar-refractivity contribution is 5.89. The summed E-state index contributed by atoms with van der Waals surface area (Å²) in [7, 11) is 0. The van der Waals surface area contributed by atoms with Crippen molar-refractivity contribution in [3.8, 4) is 0 Å². The second kappa shape index (κ2) is 9.50. The Morgan fingerprint density at radius 1 is 1.04 bits per heavy atom. The minimum Gasteiger partial charge on any atom is -0.481 e. The number of halogens is 2. The van der Waals surface area contributed by atoms with Gasteiger partial charge in [0.05, 0.1) is 0 Å². The molecule has 3 N–H and O–H groups in total. The summed E-state index contributed by atoms with van der Waals surface area (Å²) in [5.74, 6) is -0.949. The first kappa shape index (κ1) is 19.4. The number of carboxylic acids is 1. The SMILES string of the molecule is O=C(O)CCC(Cc1ccccc1)NC(=O)Nc1cccc(C(F)F)c1. The lowest BCUT2D eigenvalue weighted by molar-refractivity contribution is -0.137. The topological polar surface area (TPSA) is 78.4 Å². The number of benzene rings is 2. The summed E-state index contributed by atoms with van der Waals surface area (Å²) >= 11 is 0. The van der Waals surface area contributed by atoms with E-state index in [1.54, 1.807) is 0 Å². The van der Waals surface area contributed by atoms with Crippen molar-refractivity contribution in [3.63, 3.8) is 0 Å². The Morgan fingerprint density at radius 2 is 1.77 bits per heavy atom. The van der Waals surface area contributed by atoms with Gasteiger partial charge in [-0.1, -0.05) is 42.5 Å². The molecular weight excluding hydrogens is 342 g/mol. The second-order valence-corrected chi connectivity index (χ2v) is 5.84. The molecule has 0 saturated heterocycles. The van der Waals surface area contributed by atoms with Crippen molar-refractivity contribution in [1.82, 2.24) is 5.32 Å². The van der Waals surface area contributed by atoms with Crippen LogP contribution in [0, 0.1) is 0 Å². The van der Waals surface area contributed by atoms with Gasteiger partial charge in [0.1, 0.15) is 0 Å². The second-order valence-electron chi connectivity index (χ2n) is 5.84. The molecule has 1 unspecified atom stereocenters. The average Bonchev–Trinajstić information content (AvgIpc) is 2.60. The van der Waals surface area contributed by atoms with E-state index in [2.05, 4.69) is 10.6 Å². The van der Waals surface area contributed by atoms with E-state index in [1.165, 1.54) is 24.3 Å². The molecule has 2 aromatic carbocycles. The number of carbonyl (C=O) groups excluding carboxylic acids is 1. The first-order valence-electron chi connectivity index (χ1n) is 8.15. The molecule has 0 aromatic heterocycles. The number of carbonyl (C=O) groups is 2. The summed E-state index contributed by atoms with van der Waals surface area (Å²) in [6.45, 7) is 0. The molecule has 1 atom stereocenters. The number of carboxylic acid groups (broad SMARTS) is 1. The summed E-state index contributed by atoms with van der Waals surface area (Å²) in [5.41, 5.74) is 1.02.